The van der Waals surface area contributed by atoms with Crippen LogP contribution in [0, 0.1) is 0 Å². The number of rotatable bonds is 3. The average molecular weight is 229 g/mol. The number of hydrogen-bond acceptors (Lipinski definition) is 2. The molecule has 0 aromatic carbocycles. The molecule has 0 spiro atoms. The number of aromatic nitrogens is 2. The molecule has 3 rings (SSSR count). The molecule has 2 aromatic heterocycles. The molecule has 3 nitrogen and oxygen atoms in total. The van der Waals surface area contributed by atoms with Gasteiger partial charge in [0.15, 0.2) is 0 Å². The minimum Gasteiger partial charge on any atom is -0.316 e. The van der Waals surface area contributed by atoms with Gasteiger partial charge in [-0.15, -0.1) is 0 Å². The molecule has 0 saturated heterocycles. The number of nitrogens with zero attached hydrogens (tertiary/aromatic N) is 2. The van der Waals surface area contributed by atoms with Crippen molar-refractivity contribution < 1.29 is 0 Å². The highest BCUT2D eigenvalue weighted by atomic mass is 15.0. The Labute approximate surface area is 102 Å². The van der Waals surface area contributed by atoms with Gasteiger partial charge in [-0.25, -0.2) is 4.98 Å². The van der Waals surface area contributed by atoms with Crippen LogP contribution in [0.3, 0.4) is 0 Å². The highest BCUT2D eigenvalue weighted by Gasteiger charge is 2.21. The third kappa shape index (κ3) is 1.95. The lowest BCUT2D eigenvalue weighted by Gasteiger charge is -2.08. The lowest BCUT2D eigenvalue weighted by Crippen LogP contribution is -2.06. The summed E-state index contributed by atoms with van der Waals surface area (Å²) in [6.45, 7) is 0.917. The van der Waals surface area contributed by atoms with E-state index in [0.717, 1.165) is 6.54 Å². The zero-order chi connectivity index (χ0) is 11.7. The van der Waals surface area contributed by atoms with Crippen molar-refractivity contribution in [1.29, 1.82) is 0 Å². The fraction of sp³-hybridized carbons (Fsp3) is 0.500. The predicted octanol–water partition coefficient (Wildman–Crippen LogP) is 2.71. The Morgan fingerprint density at radius 2 is 2.24 bits per heavy atom. The largest absolute Gasteiger partial charge is 0.316 e. The summed E-state index contributed by atoms with van der Waals surface area (Å²) in [4.78, 5) is 4.62. The minimum absolute atomic E-state index is 0.674. The first-order chi connectivity index (χ1) is 8.38. The minimum atomic E-state index is 0.674. The number of hydrogen-bond donors (Lipinski definition) is 1. The Kier molecular flexibility index (Phi) is 2.85. The quantitative estimate of drug-likeness (QED) is 0.877. The smallest absolute Gasteiger partial charge is 0.116 e. The molecule has 2 aromatic rings. The lowest BCUT2D eigenvalue weighted by atomic mass is 10.1. The van der Waals surface area contributed by atoms with Crippen LogP contribution in [0.4, 0.5) is 0 Å². The van der Waals surface area contributed by atoms with Gasteiger partial charge in [0.2, 0.25) is 0 Å². The summed E-state index contributed by atoms with van der Waals surface area (Å²) >= 11 is 0. The normalized spacial score (nSPS) is 17.0. The van der Waals surface area contributed by atoms with Crippen molar-refractivity contribution in [3.8, 4) is 0 Å². The molecule has 3 heteroatoms. The Morgan fingerprint density at radius 1 is 1.41 bits per heavy atom. The molecular formula is C14H19N3. The van der Waals surface area contributed by atoms with E-state index in [9.17, 15) is 0 Å². The second-order valence-corrected chi connectivity index (χ2v) is 4.96. The molecule has 1 aliphatic rings. The van der Waals surface area contributed by atoms with Crippen molar-refractivity contribution in [2.75, 3.05) is 7.05 Å². The molecule has 0 bridgehead atoms. The Bertz CT molecular complexity index is 509. The molecule has 0 atom stereocenters. The second-order valence-electron chi connectivity index (χ2n) is 4.96. The summed E-state index contributed by atoms with van der Waals surface area (Å²) in [5.41, 5.74) is 2.54. The van der Waals surface area contributed by atoms with Crippen LogP contribution in [0.2, 0.25) is 0 Å². The molecule has 90 valence electrons. The van der Waals surface area contributed by atoms with E-state index >= 15 is 0 Å². The van der Waals surface area contributed by atoms with E-state index in [-0.39, 0.29) is 0 Å². The van der Waals surface area contributed by atoms with Gasteiger partial charge in [0.25, 0.3) is 0 Å². The molecule has 1 fully saturated rings. The Morgan fingerprint density at radius 3 is 3.00 bits per heavy atom. The van der Waals surface area contributed by atoms with Gasteiger partial charge in [0.1, 0.15) is 5.82 Å². The van der Waals surface area contributed by atoms with E-state index in [1.807, 2.05) is 13.2 Å². The standard InChI is InChI=1S/C14H19N3/c1-15-9-11-6-7-17-13(8-11)10-16-14(17)12-4-2-3-5-12/h6-8,10,12,15H,2-5,9H2,1H3. The van der Waals surface area contributed by atoms with Crippen molar-refractivity contribution in [3.05, 3.63) is 35.9 Å². The molecule has 1 saturated carbocycles. The molecule has 2 heterocycles. The molecule has 1 N–H and O–H groups in total. The van der Waals surface area contributed by atoms with Gasteiger partial charge in [-0.05, 0) is 37.6 Å². The zero-order valence-electron chi connectivity index (χ0n) is 10.3. The summed E-state index contributed by atoms with van der Waals surface area (Å²) in [6, 6.07) is 4.41. The molecular weight excluding hydrogens is 210 g/mol. The van der Waals surface area contributed by atoms with Crippen LogP contribution < -0.4 is 5.32 Å². The maximum absolute atomic E-state index is 4.62. The van der Waals surface area contributed by atoms with Crippen molar-refractivity contribution in [2.45, 2.75) is 38.1 Å². The van der Waals surface area contributed by atoms with Gasteiger partial charge in [-0.3, -0.25) is 0 Å². The van der Waals surface area contributed by atoms with Crippen LogP contribution in [0.1, 0.15) is 43.0 Å². The summed E-state index contributed by atoms with van der Waals surface area (Å²) in [5, 5.41) is 3.18. The number of fused-ring (bicyclic) bond motifs is 1. The third-order valence-corrected chi connectivity index (χ3v) is 3.73. The third-order valence-electron chi connectivity index (χ3n) is 3.73. The molecule has 0 unspecified atom stereocenters. The maximum Gasteiger partial charge on any atom is 0.116 e. The molecule has 17 heavy (non-hydrogen) atoms. The van der Waals surface area contributed by atoms with Crippen molar-refractivity contribution in [3.63, 3.8) is 0 Å². The van der Waals surface area contributed by atoms with Gasteiger partial charge < -0.3 is 9.72 Å². The molecule has 0 radical (unpaired) electrons. The van der Waals surface area contributed by atoms with Gasteiger partial charge >= 0.3 is 0 Å². The SMILES string of the molecule is CNCc1ccn2c(C3CCCC3)ncc2c1. The van der Waals surface area contributed by atoms with Crippen LogP contribution in [0.25, 0.3) is 5.52 Å². The van der Waals surface area contributed by atoms with E-state index in [0.29, 0.717) is 5.92 Å². The van der Waals surface area contributed by atoms with Gasteiger partial charge in [-0.2, -0.15) is 0 Å². The van der Waals surface area contributed by atoms with E-state index in [1.165, 1.54) is 42.6 Å². The van der Waals surface area contributed by atoms with Crippen molar-refractivity contribution in [2.24, 2.45) is 0 Å². The highest BCUT2D eigenvalue weighted by Crippen LogP contribution is 2.33. The van der Waals surface area contributed by atoms with Crippen molar-refractivity contribution in [1.82, 2.24) is 14.7 Å². The van der Waals surface area contributed by atoms with E-state index in [4.69, 9.17) is 0 Å². The molecule has 1 aliphatic carbocycles. The predicted molar refractivity (Wildman–Crippen MR) is 69.2 cm³/mol. The summed E-state index contributed by atoms with van der Waals surface area (Å²) < 4.78 is 2.26. The van der Waals surface area contributed by atoms with E-state index in [2.05, 4.69) is 33.0 Å². The first-order valence-electron chi connectivity index (χ1n) is 6.49. The number of imidazole rings is 1. The monoisotopic (exact) mass is 229 g/mol. The van der Waals surface area contributed by atoms with Crippen LogP contribution in [0.5, 0.6) is 0 Å². The van der Waals surface area contributed by atoms with Gasteiger partial charge in [0.05, 0.1) is 11.7 Å². The van der Waals surface area contributed by atoms with Crippen LogP contribution in [0.15, 0.2) is 24.5 Å². The topological polar surface area (TPSA) is 29.3 Å². The van der Waals surface area contributed by atoms with Gasteiger partial charge in [0, 0.05) is 18.7 Å². The maximum atomic E-state index is 4.62. The first-order valence-corrected chi connectivity index (χ1v) is 6.49. The Balaban J connectivity index is 1.98. The lowest BCUT2D eigenvalue weighted by molar-refractivity contribution is 0.664. The highest BCUT2D eigenvalue weighted by molar-refractivity contribution is 5.48. The average Bonchev–Trinajstić information content (AvgIpc) is 2.96. The van der Waals surface area contributed by atoms with Crippen LogP contribution >= 0.6 is 0 Å². The number of pyridine rings is 1. The fourth-order valence-corrected chi connectivity index (χ4v) is 2.87. The van der Waals surface area contributed by atoms with Crippen LogP contribution in [-0.4, -0.2) is 16.4 Å². The van der Waals surface area contributed by atoms with Gasteiger partial charge in [-0.1, -0.05) is 12.8 Å². The van der Waals surface area contributed by atoms with E-state index < -0.39 is 0 Å². The second kappa shape index (κ2) is 4.49. The summed E-state index contributed by atoms with van der Waals surface area (Å²) in [5.74, 6) is 1.93. The summed E-state index contributed by atoms with van der Waals surface area (Å²) in [7, 11) is 1.98. The van der Waals surface area contributed by atoms with Crippen LogP contribution in [-0.2, 0) is 6.54 Å². The fourth-order valence-electron chi connectivity index (χ4n) is 2.87. The summed E-state index contributed by atoms with van der Waals surface area (Å²) in [6.07, 6.45) is 9.50. The zero-order valence-corrected chi connectivity index (χ0v) is 10.3. The van der Waals surface area contributed by atoms with E-state index in [1.54, 1.807) is 0 Å². The number of nitrogens with one attached hydrogen (secondary N) is 1. The first kappa shape index (κ1) is 10.8. The molecule has 0 amide bonds. The van der Waals surface area contributed by atoms with Crippen molar-refractivity contribution >= 4 is 5.52 Å². The Hall–Kier alpha value is -1.35. The molecule has 0 aliphatic heterocycles.